The SMILES string of the molecule is CCC(CC(C)c1ccc(OCCOCCOCCOCCOCCOCCOCCOCCOCCOCCOCCOCCOCCOCCOCCOCCOCCOCCOCCCCS(=O)(=O)O)cc1)c1ccccc1. The average molecular weight is 1180 g/mol. The van der Waals surface area contributed by atoms with Gasteiger partial charge in [-0.05, 0) is 60.8 Å². The Morgan fingerprint density at radius 1 is 0.333 bits per heavy atom. The third-order valence-electron chi connectivity index (χ3n) is 11.6. The van der Waals surface area contributed by atoms with Crippen molar-refractivity contribution in [2.75, 3.05) is 250 Å². The summed E-state index contributed by atoms with van der Waals surface area (Å²) < 4.78 is 135. The third-order valence-corrected chi connectivity index (χ3v) is 12.4. The normalized spacial score (nSPS) is 12.6. The van der Waals surface area contributed by atoms with E-state index in [-0.39, 0.29) is 5.75 Å². The van der Waals surface area contributed by atoms with E-state index in [0.29, 0.717) is 269 Å². The van der Waals surface area contributed by atoms with Crippen molar-refractivity contribution in [3.63, 3.8) is 0 Å². The summed E-state index contributed by atoms with van der Waals surface area (Å²) in [6, 6.07) is 19.2. The summed E-state index contributed by atoms with van der Waals surface area (Å²) in [7, 11) is -3.90. The van der Waals surface area contributed by atoms with Gasteiger partial charge in [-0.2, -0.15) is 8.42 Å². The smallest absolute Gasteiger partial charge is 0.264 e. The van der Waals surface area contributed by atoms with Gasteiger partial charge in [-0.1, -0.05) is 56.3 Å². The average Bonchev–Trinajstić information content (AvgIpc) is 3.47. The van der Waals surface area contributed by atoms with Gasteiger partial charge in [0.1, 0.15) is 12.4 Å². The Morgan fingerprint density at radius 2 is 0.593 bits per heavy atom. The molecule has 2 rings (SSSR count). The minimum Gasteiger partial charge on any atom is -0.491 e. The summed E-state index contributed by atoms with van der Waals surface area (Å²) in [5.41, 5.74) is 2.75. The van der Waals surface area contributed by atoms with Gasteiger partial charge < -0.3 is 90.0 Å². The van der Waals surface area contributed by atoms with Crippen LogP contribution in [-0.4, -0.2) is 263 Å². The second kappa shape index (κ2) is 57.8. The van der Waals surface area contributed by atoms with Crippen LogP contribution in [0.15, 0.2) is 54.6 Å². The van der Waals surface area contributed by atoms with Gasteiger partial charge in [-0.25, -0.2) is 0 Å². The van der Waals surface area contributed by atoms with E-state index in [1.54, 1.807) is 0 Å². The zero-order valence-electron chi connectivity index (χ0n) is 49.0. The maximum absolute atomic E-state index is 10.6. The quantitative estimate of drug-likeness (QED) is 0.0617. The van der Waals surface area contributed by atoms with E-state index >= 15 is 0 Å². The molecule has 23 heteroatoms. The van der Waals surface area contributed by atoms with Crippen molar-refractivity contribution in [2.45, 2.75) is 51.4 Å². The number of unbranched alkanes of at least 4 members (excludes halogenated alkanes) is 1. The van der Waals surface area contributed by atoms with E-state index in [1.165, 1.54) is 11.1 Å². The second-order valence-corrected chi connectivity index (χ2v) is 19.7. The highest BCUT2D eigenvalue weighted by Crippen LogP contribution is 2.32. The van der Waals surface area contributed by atoms with Crippen LogP contribution in [0.2, 0.25) is 0 Å². The summed E-state index contributed by atoms with van der Waals surface area (Å²) >= 11 is 0. The molecule has 0 aliphatic heterocycles. The monoisotopic (exact) mass is 1180 g/mol. The topological polar surface area (TPSA) is 230 Å². The highest BCUT2D eigenvalue weighted by molar-refractivity contribution is 7.85. The molecule has 0 aliphatic rings. The molecule has 2 unspecified atom stereocenters. The first-order valence-electron chi connectivity index (χ1n) is 29.0. The summed E-state index contributed by atoms with van der Waals surface area (Å²) in [5.74, 6) is 1.64. The fourth-order valence-corrected chi connectivity index (χ4v) is 7.84. The van der Waals surface area contributed by atoms with E-state index in [2.05, 4.69) is 56.3 Å². The lowest BCUT2D eigenvalue weighted by molar-refractivity contribution is -0.0310. The Bertz CT molecular complexity index is 1690. The van der Waals surface area contributed by atoms with Crippen molar-refractivity contribution in [1.82, 2.24) is 0 Å². The van der Waals surface area contributed by atoms with Gasteiger partial charge in [0.15, 0.2) is 0 Å². The summed E-state index contributed by atoms with van der Waals surface area (Å²) in [6.45, 7) is 22.2. The van der Waals surface area contributed by atoms with E-state index in [0.717, 1.165) is 18.6 Å². The van der Waals surface area contributed by atoms with E-state index in [1.807, 2.05) is 12.1 Å². The maximum Gasteiger partial charge on any atom is 0.264 e. The zero-order valence-corrected chi connectivity index (χ0v) is 49.8. The summed E-state index contributed by atoms with van der Waals surface area (Å²) in [5, 5.41) is 0. The van der Waals surface area contributed by atoms with Crippen molar-refractivity contribution >= 4 is 10.1 Å². The van der Waals surface area contributed by atoms with Gasteiger partial charge in [-0.15, -0.1) is 0 Å². The van der Waals surface area contributed by atoms with Crippen LogP contribution in [-0.2, 0) is 95.4 Å². The van der Waals surface area contributed by atoms with E-state index in [4.69, 9.17) is 94.6 Å². The van der Waals surface area contributed by atoms with Gasteiger partial charge in [0.25, 0.3) is 10.1 Å². The van der Waals surface area contributed by atoms with Crippen LogP contribution < -0.4 is 4.74 Å². The van der Waals surface area contributed by atoms with Crippen LogP contribution >= 0.6 is 0 Å². The van der Waals surface area contributed by atoms with Crippen LogP contribution in [0.25, 0.3) is 0 Å². The first kappa shape index (κ1) is 74.5. The minimum absolute atomic E-state index is 0.248. The molecule has 2 aromatic carbocycles. The van der Waals surface area contributed by atoms with Gasteiger partial charge in [0.05, 0.1) is 237 Å². The number of hydrogen-bond acceptors (Lipinski definition) is 21. The molecular weight excluding hydrogens is 1080 g/mol. The Balaban J connectivity index is 1.14. The van der Waals surface area contributed by atoms with E-state index < -0.39 is 10.1 Å². The molecule has 1 N–H and O–H groups in total. The fourth-order valence-electron chi connectivity index (χ4n) is 7.27. The minimum atomic E-state index is -3.90. The van der Waals surface area contributed by atoms with Crippen molar-refractivity contribution in [1.29, 1.82) is 0 Å². The molecule has 0 aliphatic carbocycles. The standard InChI is InChI=1S/C58H102O22S/c1-3-55(57-9-5-4-6-10-57)53-54(2)56-11-13-58(14-12-56)80-51-50-79-49-48-78-47-46-77-45-44-76-43-42-75-41-40-74-39-38-73-37-36-72-35-34-71-33-32-70-31-30-69-29-28-68-27-26-67-25-24-66-23-22-65-21-20-64-19-18-63-17-16-62-15-7-8-52-81(59,60)61/h4-6,9-14,54-55H,3,7-8,15-53H2,1-2H3,(H,59,60,61). The zero-order chi connectivity index (χ0) is 57.9. The van der Waals surface area contributed by atoms with Crippen LogP contribution in [0.4, 0.5) is 0 Å². The van der Waals surface area contributed by atoms with Crippen LogP contribution in [0, 0.1) is 0 Å². The number of ether oxygens (including phenoxy) is 19. The molecule has 0 aromatic heterocycles. The molecule has 0 saturated heterocycles. The molecule has 0 saturated carbocycles. The number of benzene rings is 2. The summed E-state index contributed by atoms with van der Waals surface area (Å²) in [6.07, 6.45) is 3.18. The predicted octanol–water partition coefficient (Wildman–Crippen LogP) is 5.72. The Morgan fingerprint density at radius 3 is 0.852 bits per heavy atom. The van der Waals surface area contributed by atoms with Gasteiger partial charge in [0.2, 0.25) is 0 Å². The van der Waals surface area contributed by atoms with Crippen LogP contribution in [0.5, 0.6) is 5.75 Å². The lowest BCUT2D eigenvalue weighted by Gasteiger charge is -2.21. The Labute approximate surface area is 484 Å². The van der Waals surface area contributed by atoms with Crippen molar-refractivity contribution in [2.24, 2.45) is 0 Å². The maximum atomic E-state index is 10.6. The predicted molar refractivity (Wildman–Crippen MR) is 305 cm³/mol. The first-order valence-corrected chi connectivity index (χ1v) is 30.6. The molecular formula is C58H102O22S. The highest BCUT2D eigenvalue weighted by atomic mass is 32.2. The fraction of sp³-hybridized carbons (Fsp3) is 0.793. The Hall–Kier alpha value is -2.57. The number of hydrogen-bond donors (Lipinski definition) is 1. The van der Waals surface area contributed by atoms with Gasteiger partial charge in [0, 0.05) is 6.61 Å². The largest absolute Gasteiger partial charge is 0.491 e. The molecule has 0 bridgehead atoms. The van der Waals surface area contributed by atoms with Crippen molar-refractivity contribution < 1.29 is 103 Å². The van der Waals surface area contributed by atoms with Crippen molar-refractivity contribution in [3.05, 3.63) is 65.7 Å². The van der Waals surface area contributed by atoms with Crippen LogP contribution in [0.1, 0.15) is 62.5 Å². The van der Waals surface area contributed by atoms with E-state index in [9.17, 15) is 8.42 Å². The van der Waals surface area contributed by atoms with Gasteiger partial charge >= 0.3 is 0 Å². The molecule has 472 valence electrons. The first-order chi connectivity index (χ1) is 39.9. The molecule has 0 heterocycles. The summed E-state index contributed by atoms with van der Waals surface area (Å²) in [4.78, 5) is 0. The lowest BCUT2D eigenvalue weighted by atomic mass is 9.85. The number of rotatable bonds is 65. The molecule has 22 nitrogen and oxygen atoms in total. The Kier molecular flexibility index (Phi) is 53.2. The van der Waals surface area contributed by atoms with Crippen LogP contribution in [0.3, 0.4) is 0 Å². The third kappa shape index (κ3) is 51.6. The lowest BCUT2D eigenvalue weighted by Crippen LogP contribution is -2.16. The molecule has 0 spiro atoms. The molecule has 0 fully saturated rings. The molecule has 2 aromatic rings. The van der Waals surface area contributed by atoms with Crippen molar-refractivity contribution in [3.8, 4) is 5.75 Å². The molecule has 0 amide bonds. The second-order valence-electron chi connectivity index (χ2n) is 18.1. The molecule has 81 heavy (non-hydrogen) atoms. The molecule has 2 atom stereocenters. The molecule has 0 radical (unpaired) electrons. The highest BCUT2D eigenvalue weighted by Gasteiger charge is 2.15. The van der Waals surface area contributed by atoms with Gasteiger partial charge in [-0.3, -0.25) is 4.55 Å².